The molecule has 0 aliphatic rings. The molecule has 0 aliphatic carbocycles. The minimum Gasteiger partial charge on any atom is -0.496 e. The number of likely N-dealkylation sites (N-methyl/N-ethyl adjacent to an activating group) is 1. The number of nitrogens with zero attached hydrogens (tertiary/aromatic N) is 1. The lowest BCUT2D eigenvalue weighted by molar-refractivity contribution is -0.132. The fourth-order valence-electron chi connectivity index (χ4n) is 2.06. The number of thioether (sulfide) groups is 1. The highest BCUT2D eigenvalue weighted by molar-refractivity contribution is 7.98. The Morgan fingerprint density at radius 1 is 1.38 bits per heavy atom. The van der Waals surface area contributed by atoms with Gasteiger partial charge in [0.15, 0.2) is 0 Å². The second-order valence-electron chi connectivity index (χ2n) is 5.93. The summed E-state index contributed by atoms with van der Waals surface area (Å²) in [6.07, 6.45) is 1.98. The zero-order valence-electron chi connectivity index (χ0n) is 15.0. The number of nitrogens with one attached hydrogen (secondary N) is 1. The maximum absolute atomic E-state index is 12.2. The second kappa shape index (κ2) is 9.54. The first-order valence-corrected chi connectivity index (χ1v) is 9.00. The number of amides is 2. The van der Waals surface area contributed by atoms with Gasteiger partial charge in [-0.05, 0) is 29.9 Å². The minimum atomic E-state index is -0.605. The van der Waals surface area contributed by atoms with Crippen LogP contribution in [0.25, 0.3) is 0 Å². The highest BCUT2D eigenvalue weighted by atomic mass is 32.2. The molecule has 1 atom stereocenters. The fourth-order valence-corrected chi connectivity index (χ4v) is 2.61. The first-order valence-electron chi connectivity index (χ1n) is 7.78. The molecule has 0 unspecified atom stereocenters. The molecular formula is C17H27N3O3S. The molecule has 0 spiro atoms. The highest BCUT2D eigenvalue weighted by Crippen LogP contribution is 2.28. The molecule has 0 fully saturated rings. The van der Waals surface area contributed by atoms with Gasteiger partial charge in [0.2, 0.25) is 11.8 Å². The molecule has 0 aliphatic heterocycles. The van der Waals surface area contributed by atoms with Crippen molar-refractivity contribution in [2.75, 3.05) is 27.0 Å². The normalized spacial score (nSPS) is 12.0. The van der Waals surface area contributed by atoms with Crippen LogP contribution in [0.1, 0.15) is 19.4 Å². The van der Waals surface area contributed by atoms with Crippen LogP contribution in [-0.2, 0) is 16.1 Å². The summed E-state index contributed by atoms with van der Waals surface area (Å²) in [6.45, 7) is 4.11. The number of hydrogen-bond acceptors (Lipinski definition) is 5. The van der Waals surface area contributed by atoms with Crippen LogP contribution >= 0.6 is 11.8 Å². The van der Waals surface area contributed by atoms with Gasteiger partial charge in [-0.15, -0.1) is 11.8 Å². The number of carbonyl (C=O) groups excluding carboxylic acids is 2. The zero-order chi connectivity index (χ0) is 18.3. The van der Waals surface area contributed by atoms with Crippen LogP contribution in [0.2, 0.25) is 0 Å². The summed E-state index contributed by atoms with van der Waals surface area (Å²) in [6, 6.07) is 5.25. The monoisotopic (exact) mass is 353 g/mol. The number of nitrogens with two attached hydrogens (primary N) is 1. The van der Waals surface area contributed by atoms with Crippen molar-refractivity contribution < 1.29 is 14.3 Å². The Hall–Kier alpha value is -1.73. The molecule has 24 heavy (non-hydrogen) atoms. The fraction of sp³-hybridized carbons (Fsp3) is 0.529. The second-order valence-corrected chi connectivity index (χ2v) is 6.77. The lowest BCUT2D eigenvalue weighted by Crippen LogP contribution is -2.47. The van der Waals surface area contributed by atoms with Gasteiger partial charge in [-0.3, -0.25) is 9.59 Å². The molecule has 0 aromatic heterocycles. The van der Waals surface area contributed by atoms with E-state index in [4.69, 9.17) is 10.5 Å². The summed E-state index contributed by atoms with van der Waals surface area (Å²) in [7, 11) is 3.33. The molecule has 3 N–H and O–H groups in total. The average Bonchev–Trinajstić information content (AvgIpc) is 2.58. The number of hydrogen-bond donors (Lipinski definition) is 2. The van der Waals surface area contributed by atoms with Crippen molar-refractivity contribution in [1.29, 1.82) is 0 Å². The van der Waals surface area contributed by atoms with Gasteiger partial charge in [0.25, 0.3) is 0 Å². The molecule has 0 saturated carbocycles. The van der Waals surface area contributed by atoms with Crippen LogP contribution in [-0.4, -0.2) is 49.7 Å². The lowest BCUT2D eigenvalue weighted by Gasteiger charge is -2.20. The Morgan fingerprint density at radius 3 is 2.58 bits per heavy atom. The quantitative estimate of drug-likeness (QED) is 0.692. The van der Waals surface area contributed by atoms with Crippen molar-refractivity contribution in [1.82, 2.24) is 10.2 Å². The topological polar surface area (TPSA) is 84.7 Å². The molecular weight excluding hydrogens is 326 g/mol. The van der Waals surface area contributed by atoms with Crippen molar-refractivity contribution in [3.05, 3.63) is 23.8 Å². The van der Waals surface area contributed by atoms with Crippen molar-refractivity contribution in [2.45, 2.75) is 31.3 Å². The van der Waals surface area contributed by atoms with Crippen molar-refractivity contribution in [2.24, 2.45) is 11.7 Å². The van der Waals surface area contributed by atoms with E-state index < -0.39 is 6.04 Å². The summed E-state index contributed by atoms with van der Waals surface area (Å²) >= 11 is 1.61. The van der Waals surface area contributed by atoms with Crippen LogP contribution in [0.4, 0.5) is 0 Å². The van der Waals surface area contributed by atoms with Crippen molar-refractivity contribution in [3.8, 4) is 5.75 Å². The van der Waals surface area contributed by atoms with E-state index in [0.29, 0.717) is 6.54 Å². The van der Waals surface area contributed by atoms with Crippen LogP contribution < -0.4 is 15.8 Å². The molecule has 134 valence electrons. The third-order valence-electron chi connectivity index (χ3n) is 3.73. The van der Waals surface area contributed by atoms with E-state index >= 15 is 0 Å². The maximum Gasteiger partial charge on any atom is 0.242 e. The molecule has 0 heterocycles. The first kappa shape index (κ1) is 20.3. The number of benzene rings is 1. The number of carbonyl (C=O) groups is 2. The van der Waals surface area contributed by atoms with Gasteiger partial charge in [0, 0.05) is 18.5 Å². The molecule has 7 heteroatoms. The summed E-state index contributed by atoms with van der Waals surface area (Å²) in [5, 5.41) is 2.59. The summed E-state index contributed by atoms with van der Waals surface area (Å²) < 4.78 is 5.35. The van der Waals surface area contributed by atoms with Crippen LogP contribution in [0, 0.1) is 5.92 Å². The molecule has 1 aromatic carbocycles. The number of methoxy groups -OCH3 is 1. The van der Waals surface area contributed by atoms with Gasteiger partial charge in [-0.2, -0.15) is 0 Å². The largest absolute Gasteiger partial charge is 0.496 e. The molecule has 2 amide bonds. The third kappa shape index (κ3) is 5.72. The van der Waals surface area contributed by atoms with Crippen LogP contribution in [0.5, 0.6) is 5.75 Å². The van der Waals surface area contributed by atoms with E-state index in [1.807, 2.05) is 38.3 Å². The maximum atomic E-state index is 12.2. The lowest BCUT2D eigenvalue weighted by atomic mass is 10.1. The predicted molar refractivity (Wildman–Crippen MR) is 97.1 cm³/mol. The summed E-state index contributed by atoms with van der Waals surface area (Å²) in [5.41, 5.74) is 6.72. The Bertz CT molecular complexity index is 578. The van der Waals surface area contributed by atoms with Crippen LogP contribution in [0.3, 0.4) is 0 Å². The predicted octanol–water partition coefficient (Wildman–Crippen LogP) is 1.48. The van der Waals surface area contributed by atoms with Gasteiger partial charge in [0.1, 0.15) is 5.75 Å². The first-order chi connectivity index (χ1) is 11.3. The Balaban J connectivity index is 2.60. The van der Waals surface area contributed by atoms with E-state index in [9.17, 15) is 9.59 Å². The standard InChI is InChI=1S/C17H27N3O3S/c1-11(2)16(18)17(22)19-9-15(21)20(3)10-12-6-7-14(24-5)13(8-12)23-4/h6-8,11,16H,9-10,18H2,1-5H3,(H,19,22)/t16-/m0/s1. The zero-order valence-corrected chi connectivity index (χ0v) is 15.8. The molecule has 0 saturated heterocycles. The smallest absolute Gasteiger partial charge is 0.242 e. The van der Waals surface area contributed by atoms with Gasteiger partial charge in [-0.25, -0.2) is 0 Å². The molecule has 0 radical (unpaired) electrons. The van der Waals surface area contributed by atoms with Gasteiger partial charge < -0.3 is 20.7 Å². The molecule has 1 aromatic rings. The molecule has 6 nitrogen and oxygen atoms in total. The van der Waals surface area contributed by atoms with Crippen LogP contribution in [0.15, 0.2) is 23.1 Å². The Labute approximate surface area is 148 Å². The van der Waals surface area contributed by atoms with E-state index in [0.717, 1.165) is 16.2 Å². The molecule has 1 rings (SSSR count). The highest BCUT2D eigenvalue weighted by Gasteiger charge is 2.18. The summed E-state index contributed by atoms with van der Waals surface area (Å²) in [4.78, 5) is 26.6. The minimum absolute atomic E-state index is 0.0280. The van der Waals surface area contributed by atoms with Crippen molar-refractivity contribution >= 4 is 23.6 Å². The number of ether oxygens (including phenoxy) is 1. The van der Waals surface area contributed by atoms with Gasteiger partial charge >= 0.3 is 0 Å². The van der Waals surface area contributed by atoms with E-state index in [2.05, 4.69) is 5.32 Å². The SMILES string of the molecule is COc1cc(CN(C)C(=O)CNC(=O)[C@@H](N)C(C)C)ccc1SC. The van der Waals surface area contributed by atoms with E-state index in [1.165, 1.54) is 0 Å². The third-order valence-corrected chi connectivity index (χ3v) is 4.51. The average molecular weight is 353 g/mol. The van der Waals surface area contributed by atoms with Gasteiger partial charge in [-0.1, -0.05) is 19.9 Å². The Kier molecular flexibility index (Phi) is 8.07. The van der Waals surface area contributed by atoms with E-state index in [-0.39, 0.29) is 24.3 Å². The Morgan fingerprint density at radius 2 is 2.04 bits per heavy atom. The van der Waals surface area contributed by atoms with Gasteiger partial charge in [0.05, 0.1) is 19.7 Å². The number of rotatable bonds is 8. The van der Waals surface area contributed by atoms with E-state index in [1.54, 1.807) is 30.8 Å². The molecule has 0 bridgehead atoms. The van der Waals surface area contributed by atoms with Crippen molar-refractivity contribution in [3.63, 3.8) is 0 Å². The summed E-state index contributed by atoms with van der Waals surface area (Å²) in [5.74, 6) is 0.335.